The van der Waals surface area contributed by atoms with Crippen LogP contribution in [0.15, 0.2) is 0 Å². The molecule has 1 aromatic heterocycles. The number of piperidine rings is 1. The number of anilines is 2. The Bertz CT molecular complexity index is 431. The fraction of sp³-hybridized carbons (Fsp3) is 0.667. The van der Waals surface area contributed by atoms with E-state index in [4.69, 9.17) is 5.73 Å². The molecule has 1 saturated heterocycles. The predicted molar refractivity (Wildman–Crippen MR) is 68.1 cm³/mol. The van der Waals surface area contributed by atoms with Crippen LogP contribution in [-0.4, -0.2) is 41.5 Å². The number of likely N-dealkylation sites (tertiary alicyclic amines) is 1. The molecule has 5 nitrogen and oxygen atoms in total. The van der Waals surface area contributed by atoms with Crippen LogP contribution in [0.4, 0.5) is 11.8 Å². The van der Waals surface area contributed by atoms with Crippen LogP contribution in [0.3, 0.4) is 0 Å². The molecule has 17 heavy (non-hydrogen) atoms. The van der Waals surface area contributed by atoms with Crippen LogP contribution in [0.1, 0.15) is 30.0 Å². The summed E-state index contributed by atoms with van der Waals surface area (Å²) < 4.78 is 0. The number of hydrogen-bond acceptors (Lipinski definition) is 5. The molecular formula is C12H19N5. The number of hydrogen-bond donors (Lipinski definition) is 2. The smallest absolute Gasteiger partial charge is 0.222 e. The fourth-order valence-corrected chi connectivity index (χ4v) is 2.95. The Hall–Kier alpha value is -1.36. The lowest BCUT2D eigenvalue weighted by Crippen LogP contribution is -2.31. The van der Waals surface area contributed by atoms with E-state index >= 15 is 0 Å². The molecule has 3 heterocycles. The molecule has 0 amide bonds. The van der Waals surface area contributed by atoms with Gasteiger partial charge in [-0.25, -0.2) is 4.98 Å². The lowest BCUT2D eigenvalue weighted by molar-refractivity contribution is 0.248. The minimum Gasteiger partial charge on any atom is -0.369 e. The molecular weight excluding hydrogens is 214 g/mol. The van der Waals surface area contributed by atoms with E-state index in [0.717, 1.165) is 25.3 Å². The number of rotatable bonds is 1. The highest BCUT2D eigenvalue weighted by molar-refractivity contribution is 5.54. The summed E-state index contributed by atoms with van der Waals surface area (Å²) in [6.07, 6.45) is 3.49. The normalized spacial score (nSPS) is 24.4. The van der Waals surface area contributed by atoms with Gasteiger partial charge in [-0.15, -0.1) is 0 Å². The van der Waals surface area contributed by atoms with Crippen molar-refractivity contribution in [1.29, 1.82) is 0 Å². The second-order valence-electron chi connectivity index (χ2n) is 5.07. The Morgan fingerprint density at radius 2 is 2.29 bits per heavy atom. The van der Waals surface area contributed by atoms with Crippen molar-refractivity contribution in [3.63, 3.8) is 0 Å². The van der Waals surface area contributed by atoms with Crippen molar-refractivity contribution in [3.8, 4) is 0 Å². The van der Waals surface area contributed by atoms with Gasteiger partial charge >= 0.3 is 0 Å². The third-order valence-corrected chi connectivity index (χ3v) is 3.74. The maximum Gasteiger partial charge on any atom is 0.222 e. The van der Waals surface area contributed by atoms with Crippen LogP contribution in [-0.2, 0) is 6.42 Å². The van der Waals surface area contributed by atoms with E-state index < -0.39 is 0 Å². The fourth-order valence-electron chi connectivity index (χ4n) is 2.95. The lowest BCUT2D eigenvalue weighted by atomic mass is 9.91. The second kappa shape index (κ2) is 4.14. The molecule has 2 aliphatic heterocycles. The zero-order valence-corrected chi connectivity index (χ0v) is 10.2. The van der Waals surface area contributed by atoms with Gasteiger partial charge < -0.3 is 16.0 Å². The molecule has 0 spiro atoms. The maximum absolute atomic E-state index is 5.80. The summed E-state index contributed by atoms with van der Waals surface area (Å²) in [5.41, 5.74) is 8.27. The first-order valence-corrected chi connectivity index (χ1v) is 6.33. The van der Waals surface area contributed by atoms with E-state index in [1.165, 1.54) is 30.6 Å². The van der Waals surface area contributed by atoms with Crippen molar-refractivity contribution in [2.75, 3.05) is 37.7 Å². The number of nitrogens with two attached hydrogens (primary N) is 1. The van der Waals surface area contributed by atoms with Crippen LogP contribution in [0.2, 0.25) is 0 Å². The van der Waals surface area contributed by atoms with Gasteiger partial charge in [0.1, 0.15) is 5.82 Å². The Balaban J connectivity index is 1.96. The van der Waals surface area contributed by atoms with Gasteiger partial charge in [0, 0.05) is 24.6 Å². The third-order valence-electron chi connectivity index (χ3n) is 3.74. The average Bonchev–Trinajstić information content (AvgIpc) is 2.75. The van der Waals surface area contributed by atoms with Crippen molar-refractivity contribution >= 4 is 11.8 Å². The van der Waals surface area contributed by atoms with E-state index in [1.807, 2.05) is 0 Å². The van der Waals surface area contributed by atoms with Crippen molar-refractivity contribution in [3.05, 3.63) is 11.3 Å². The molecule has 5 heteroatoms. The minimum absolute atomic E-state index is 0.404. The zero-order valence-electron chi connectivity index (χ0n) is 10.2. The van der Waals surface area contributed by atoms with Crippen molar-refractivity contribution in [2.24, 2.45) is 0 Å². The Labute approximate surface area is 101 Å². The topological polar surface area (TPSA) is 67.1 Å². The zero-order chi connectivity index (χ0) is 11.8. The lowest BCUT2D eigenvalue weighted by Gasteiger charge is -2.30. The van der Waals surface area contributed by atoms with E-state index in [-0.39, 0.29) is 0 Å². The van der Waals surface area contributed by atoms with E-state index in [0.29, 0.717) is 11.9 Å². The SMILES string of the molecule is CN1CCCC(c2nc(N)nc3c2CCN3)C1. The quantitative estimate of drug-likeness (QED) is 0.752. The van der Waals surface area contributed by atoms with Crippen LogP contribution in [0, 0.1) is 0 Å². The van der Waals surface area contributed by atoms with Crippen molar-refractivity contribution in [1.82, 2.24) is 14.9 Å². The monoisotopic (exact) mass is 233 g/mol. The molecule has 0 bridgehead atoms. The standard InChI is InChI=1S/C12H19N5/c1-17-6-2-3-8(7-17)10-9-4-5-14-11(9)16-12(13)15-10/h8H,2-7H2,1H3,(H3,13,14,15,16). The van der Waals surface area contributed by atoms with Crippen molar-refractivity contribution in [2.45, 2.75) is 25.2 Å². The molecule has 2 aliphatic rings. The largest absolute Gasteiger partial charge is 0.369 e. The number of nitrogens with one attached hydrogen (secondary N) is 1. The van der Waals surface area contributed by atoms with Gasteiger partial charge in [0.2, 0.25) is 5.95 Å². The first-order valence-electron chi connectivity index (χ1n) is 6.33. The molecule has 3 N–H and O–H groups in total. The number of nitrogen functional groups attached to an aromatic ring is 1. The van der Waals surface area contributed by atoms with Gasteiger partial charge in [-0.05, 0) is 32.9 Å². The van der Waals surface area contributed by atoms with Gasteiger partial charge in [-0.1, -0.05) is 0 Å². The van der Waals surface area contributed by atoms with Crippen molar-refractivity contribution < 1.29 is 0 Å². The molecule has 0 aliphatic carbocycles. The molecule has 1 atom stereocenters. The maximum atomic E-state index is 5.80. The van der Waals surface area contributed by atoms with Crippen LogP contribution < -0.4 is 11.1 Å². The summed E-state index contributed by atoms with van der Waals surface area (Å²) in [7, 11) is 2.18. The van der Waals surface area contributed by atoms with Gasteiger partial charge in [0.25, 0.3) is 0 Å². The predicted octanol–water partition coefficient (Wildman–Crippen LogP) is 0.836. The van der Waals surface area contributed by atoms with Gasteiger partial charge in [0.15, 0.2) is 0 Å². The summed E-state index contributed by atoms with van der Waals surface area (Å²) in [4.78, 5) is 11.1. The van der Waals surface area contributed by atoms with Crippen LogP contribution in [0.5, 0.6) is 0 Å². The minimum atomic E-state index is 0.404. The molecule has 3 rings (SSSR count). The average molecular weight is 233 g/mol. The molecule has 1 aromatic rings. The molecule has 1 fully saturated rings. The summed E-state index contributed by atoms with van der Waals surface area (Å²) in [6.45, 7) is 3.24. The Morgan fingerprint density at radius 1 is 1.41 bits per heavy atom. The molecule has 0 saturated carbocycles. The molecule has 0 radical (unpaired) electrons. The van der Waals surface area contributed by atoms with Crippen LogP contribution in [0.25, 0.3) is 0 Å². The number of fused-ring (bicyclic) bond motifs is 1. The highest BCUT2D eigenvalue weighted by Crippen LogP contribution is 2.32. The number of likely N-dealkylation sites (N-methyl/N-ethyl adjacent to an activating group) is 1. The number of aromatic nitrogens is 2. The van der Waals surface area contributed by atoms with E-state index in [9.17, 15) is 0 Å². The summed E-state index contributed by atoms with van der Waals surface area (Å²) in [5, 5.41) is 3.29. The highest BCUT2D eigenvalue weighted by Gasteiger charge is 2.26. The van der Waals surface area contributed by atoms with Crippen LogP contribution >= 0.6 is 0 Å². The summed E-state index contributed by atoms with van der Waals surface area (Å²) >= 11 is 0. The van der Waals surface area contributed by atoms with Gasteiger partial charge in [-0.3, -0.25) is 0 Å². The highest BCUT2D eigenvalue weighted by atomic mass is 15.1. The molecule has 0 aromatic carbocycles. The Morgan fingerprint density at radius 3 is 3.12 bits per heavy atom. The van der Waals surface area contributed by atoms with Gasteiger partial charge in [-0.2, -0.15) is 4.98 Å². The third kappa shape index (κ3) is 1.95. The summed E-state index contributed by atoms with van der Waals surface area (Å²) in [5.74, 6) is 1.88. The Kier molecular flexibility index (Phi) is 2.63. The molecule has 1 unspecified atom stereocenters. The first kappa shape index (κ1) is 10.8. The number of nitrogens with zero attached hydrogens (tertiary/aromatic N) is 3. The van der Waals surface area contributed by atoms with E-state index in [2.05, 4.69) is 27.2 Å². The van der Waals surface area contributed by atoms with E-state index in [1.54, 1.807) is 0 Å². The first-order chi connectivity index (χ1) is 8.24. The van der Waals surface area contributed by atoms with Gasteiger partial charge in [0.05, 0.1) is 5.69 Å². The summed E-state index contributed by atoms with van der Waals surface area (Å²) in [6, 6.07) is 0. The second-order valence-corrected chi connectivity index (χ2v) is 5.07. The molecule has 92 valence electrons.